The number of thioether (sulfide) groups is 1. The molecule has 0 radical (unpaired) electrons. The van der Waals surface area contributed by atoms with Crippen LogP contribution in [0.3, 0.4) is 0 Å². The van der Waals surface area contributed by atoms with Gasteiger partial charge in [-0.25, -0.2) is 0 Å². The normalized spacial score (nSPS) is 33.2. The fourth-order valence-corrected chi connectivity index (χ4v) is 10.0. The van der Waals surface area contributed by atoms with Crippen LogP contribution >= 0.6 is 34.7 Å². The van der Waals surface area contributed by atoms with E-state index in [0.717, 1.165) is 16.3 Å². The quantitative estimate of drug-likeness (QED) is 0.490. The SMILES string of the molecule is Cc1ccc([C@@H]2c3sc(=O)[nH]c3S[C@@H]3[C@@H]4C[C@H]([C@H]5C(=O)N(c6ccc(Cl)cc6)C(=O)[C@H]45)[C@H]23)cc1. The average Bonchev–Trinajstić information content (AvgIpc) is 3.54. The molecule has 172 valence electrons. The Morgan fingerprint density at radius 1 is 0.941 bits per heavy atom. The molecule has 3 aromatic rings. The molecule has 1 saturated heterocycles. The van der Waals surface area contributed by atoms with Gasteiger partial charge in [0.1, 0.15) is 0 Å². The number of thiazole rings is 1. The van der Waals surface area contributed by atoms with Gasteiger partial charge in [0.25, 0.3) is 0 Å². The summed E-state index contributed by atoms with van der Waals surface area (Å²) in [5.74, 6) is -0.202. The standard InChI is InChI=1S/C26H21ClN2O3S2/c1-11-2-4-12(5-3-11)17-18-15-10-16(21(18)33-23-22(17)34-26(32)28-23)20-19(15)24(30)29(25(20)31)14-8-6-13(27)7-9-14/h2-9,15-21H,10H2,1H3,(H,28,32)/t15-,16+,17-,18+,19+,20+,21+/m0/s1. The fourth-order valence-electron chi connectivity index (χ4n) is 7.01. The Bertz CT molecular complexity index is 1400. The second kappa shape index (κ2) is 7.33. The molecule has 3 heterocycles. The topological polar surface area (TPSA) is 70.2 Å². The molecular weight excluding hydrogens is 488 g/mol. The first-order valence-electron chi connectivity index (χ1n) is 11.5. The van der Waals surface area contributed by atoms with Crippen LogP contribution < -0.4 is 9.77 Å². The maximum Gasteiger partial charge on any atom is 0.305 e. The number of carbonyl (C=O) groups is 2. The summed E-state index contributed by atoms with van der Waals surface area (Å²) in [5.41, 5.74) is 2.98. The summed E-state index contributed by atoms with van der Waals surface area (Å²) in [6, 6.07) is 15.5. The molecule has 1 aromatic heterocycles. The number of H-pyrrole nitrogens is 1. The third-order valence-corrected chi connectivity index (χ3v) is 11.1. The number of amides is 2. The summed E-state index contributed by atoms with van der Waals surface area (Å²) in [7, 11) is 0. The van der Waals surface area contributed by atoms with Gasteiger partial charge in [-0.05, 0) is 60.9 Å². The highest BCUT2D eigenvalue weighted by molar-refractivity contribution is 8.00. The van der Waals surface area contributed by atoms with Crippen LogP contribution in [0.1, 0.15) is 28.3 Å². The molecule has 8 heteroatoms. The average molecular weight is 509 g/mol. The lowest BCUT2D eigenvalue weighted by Gasteiger charge is -2.43. The number of hydrogen-bond donors (Lipinski definition) is 1. The molecule has 2 bridgehead atoms. The molecule has 0 spiro atoms. The van der Waals surface area contributed by atoms with Crippen molar-refractivity contribution in [3.8, 4) is 0 Å². The van der Waals surface area contributed by atoms with E-state index in [1.165, 1.54) is 27.4 Å². The lowest BCUT2D eigenvalue weighted by Crippen LogP contribution is -2.42. The number of aryl methyl sites for hydroxylation is 1. The summed E-state index contributed by atoms with van der Waals surface area (Å²) in [6.45, 7) is 2.07. The number of halogens is 1. The smallest absolute Gasteiger partial charge is 0.305 e. The Labute approximate surface area is 209 Å². The Balaban J connectivity index is 1.32. The van der Waals surface area contributed by atoms with Crippen molar-refractivity contribution in [3.05, 3.63) is 79.2 Å². The van der Waals surface area contributed by atoms with Gasteiger partial charge in [-0.3, -0.25) is 19.3 Å². The van der Waals surface area contributed by atoms with E-state index in [4.69, 9.17) is 11.6 Å². The number of aromatic amines is 1. The third-order valence-electron chi connectivity index (χ3n) is 8.25. The zero-order valence-corrected chi connectivity index (χ0v) is 20.6. The molecule has 7 atom stereocenters. The van der Waals surface area contributed by atoms with Crippen LogP contribution in [0.5, 0.6) is 0 Å². The highest BCUT2D eigenvalue weighted by atomic mass is 35.5. The highest BCUT2D eigenvalue weighted by Crippen LogP contribution is 2.68. The fraction of sp³-hybridized carbons (Fsp3) is 0.346. The molecule has 2 saturated carbocycles. The summed E-state index contributed by atoms with van der Waals surface area (Å²) < 4.78 is 0. The van der Waals surface area contributed by atoms with E-state index in [1.807, 2.05) is 0 Å². The van der Waals surface area contributed by atoms with E-state index in [0.29, 0.717) is 10.7 Å². The first-order chi connectivity index (χ1) is 16.4. The Morgan fingerprint density at radius 3 is 2.32 bits per heavy atom. The maximum absolute atomic E-state index is 13.7. The van der Waals surface area contributed by atoms with Crippen LogP contribution in [-0.2, 0) is 9.59 Å². The van der Waals surface area contributed by atoms with Crippen LogP contribution in [-0.4, -0.2) is 22.0 Å². The largest absolute Gasteiger partial charge is 0.307 e. The van der Waals surface area contributed by atoms with Gasteiger partial charge in [-0.1, -0.05) is 52.8 Å². The number of fused-ring (bicyclic) bond motifs is 9. The molecule has 0 unspecified atom stereocenters. The molecule has 2 amide bonds. The number of aromatic nitrogens is 1. The van der Waals surface area contributed by atoms with Crippen molar-refractivity contribution in [3.63, 3.8) is 0 Å². The minimum Gasteiger partial charge on any atom is -0.307 e. The summed E-state index contributed by atoms with van der Waals surface area (Å²) in [5, 5.41) is 1.72. The number of hydrogen-bond acceptors (Lipinski definition) is 5. The Hall–Kier alpha value is -2.35. The molecule has 2 aliphatic carbocycles. The molecule has 7 rings (SSSR count). The predicted octanol–water partition coefficient (Wildman–Crippen LogP) is 5.08. The number of carbonyl (C=O) groups excluding carboxylic acids is 2. The number of imide groups is 1. The first-order valence-corrected chi connectivity index (χ1v) is 13.6. The van der Waals surface area contributed by atoms with Crippen molar-refractivity contribution in [1.29, 1.82) is 0 Å². The molecule has 3 fully saturated rings. The molecule has 1 N–H and O–H groups in total. The number of nitrogens with zero attached hydrogens (tertiary/aromatic N) is 1. The first kappa shape index (κ1) is 21.0. The van der Waals surface area contributed by atoms with Crippen molar-refractivity contribution in [2.24, 2.45) is 29.6 Å². The predicted molar refractivity (Wildman–Crippen MR) is 134 cm³/mol. The van der Waals surface area contributed by atoms with Gasteiger partial charge in [-0.2, -0.15) is 0 Å². The molecule has 5 nitrogen and oxygen atoms in total. The van der Waals surface area contributed by atoms with Gasteiger partial charge in [0.2, 0.25) is 11.8 Å². The van der Waals surface area contributed by atoms with E-state index in [2.05, 4.69) is 36.2 Å². The van der Waals surface area contributed by atoms with Crippen molar-refractivity contribution in [1.82, 2.24) is 4.98 Å². The molecule has 2 aromatic carbocycles. The minimum atomic E-state index is -0.291. The number of nitrogens with one attached hydrogen (secondary N) is 1. The van der Waals surface area contributed by atoms with Gasteiger partial charge in [0, 0.05) is 21.1 Å². The van der Waals surface area contributed by atoms with Crippen LogP contribution in [0.15, 0.2) is 58.4 Å². The van der Waals surface area contributed by atoms with Crippen molar-refractivity contribution in [2.75, 3.05) is 4.90 Å². The number of rotatable bonds is 2. The summed E-state index contributed by atoms with van der Waals surface area (Å²) in [4.78, 5) is 45.1. The minimum absolute atomic E-state index is 0.0387. The maximum atomic E-state index is 13.7. The number of benzene rings is 2. The second-order valence-electron chi connectivity index (χ2n) is 9.86. The van der Waals surface area contributed by atoms with Gasteiger partial charge in [0.15, 0.2) is 0 Å². The van der Waals surface area contributed by atoms with Crippen LogP contribution in [0.25, 0.3) is 0 Å². The van der Waals surface area contributed by atoms with Crippen molar-refractivity contribution >= 4 is 52.2 Å². The monoisotopic (exact) mass is 508 g/mol. The Kier molecular flexibility index (Phi) is 4.52. The van der Waals surface area contributed by atoms with E-state index in [1.54, 1.807) is 36.0 Å². The van der Waals surface area contributed by atoms with E-state index in [-0.39, 0.29) is 57.4 Å². The van der Waals surface area contributed by atoms with Crippen LogP contribution in [0.4, 0.5) is 5.69 Å². The lowest BCUT2D eigenvalue weighted by atomic mass is 9.68. The number of anilines is 1. The van der Waals surface area contributed by atoms with E-state index < -0.39 is 0 Å². The van der Waals surface area contributed by atoms with E-state index >= 15 is 0 Å². The van der Waals surface area contributed by atoms with Gasteiger partial charge < -0.3 is 4.98 Å². The van der Waals surface area contributed by atoms with Gasteiger partial charge >= 0.3 is 4.87 Å². The lowest BCUT2D eigenvalue weighted by molar-refractivity contribution is -0.123. The molecule has 4 aliphatic rings. The summed E-state index contributed by atoms with van der Waals surface area (Å²) >= 11 is 9.05. The van der Waals surface area contributed by atoms with E-state index in [9.17, 15) is 14.4 Å². The second-order valence-corrected chi connectivity index (χ2v) is 12.5. The highest BCUT2D eigenvalue weighted by Gasteiger charge is 2.69. The summed E-state index contributed by atoms with van der Waals surface area (Å²) in [6.07, 6.45) is 0.894. The van der Waals surface area contributed by atoms with Gasteiger partial charge in [0.05, 0.1) is 22.5 Å². The van der Waals surface area contributed by atoms with Crippen LogP contribution in [0.2, 0.25) is 5.02 Å². The molecule has 2 aliphatic heterocycles. The zero-order chi connectivity index (χ0) is 23.3. The zero-order valence-electron chi connectivity index (χ0n) is 18.2. The molecular formula is C26H21ClN2O3S2. The third kappa shape index (κ3) is 2.77. The van der Waals surface area contributed by atoms with Crippen LogP contribution in [0, 0.1) is 36.5 Å². The van der Waals surface area contributed by atoms with Crippen molar-refractivity contribution in [2.45, 2.75) is 29.5 Å². The Morgan fingerprint density at radius 2 is 1.62 bits per heavy atom. The molecule has 34 heavy (non-hydrogen) atoms. The van der Waals surface area contributed by atoms with Crippen molar-refractivity contribution < 1.29 is 9.59 Å². The van der Waals surface area contributed by atoms with Gasteiger partial charge in [-0.15, -0.1) is 11.8 Å².